The molecular weight excluding hydrogens is 400 g/mol. The third-order valence-corrected chi connectivity index (χ3v) is 6.76. The van der Waals surface area contributed by atoms with Gasteiger partial charge < -0.3 is 15.2 Å². The smallest absolute Gasteiger partial charge is 0.145 e. The Morgan fingerprint density at radius 2 is 1.77 bits per heavy atom. The summed E-state index contributed by atoms with van der Waals surface area (Å²) < 4.78 is 5.43. The van der Waals surface area contributed by atoms with Crippen molar-refractivity contribution in [2.24, 2.45) is 17.8 Å². The lowest BCUT2D eigenvalue weighted by Gasteiger charge is -2.27. The zero-order valence-electron chi connectivity index (χ0n) is 17.4. The van der Waals surface area contributed by atoms with Gasteiger partial charge in [0, 0.05) is 43.8 Å². The lowest BCUT2D eigenvalue weighted by molar-refractivity contribution is 0.0699. The van der Waals surface area contributed by atoms with E-state index in [-0.39, 0.29) is 0 Å². The van der Waals surface area contributed by atoms with Crippen LogP contribution in [0.25, 0.3) is 11.3 Å². The highest BCUT2D eigenvalue weighted by Crippen LogP contribution is 2.32. The van der Waals surface area contributed by atoms with E-state index in [2.05, 4.69) is 21.4 Å². The number of hydrogen-bond acceptors (Lipinski definition) is 6. The van der Waals surface area contributed by atoms with Crippen LogP contribution in [0.3, 0.4) is 0 Å². The van der Waals surface area contributed by atoms with Crippen molar-refractivity contribution in [1.82, 2.24) is 15.0 Å². The van der Waals surface area contributed by atoms with E-state index < -0.39 is 0 Å². The molecular formula is C23H31ClN4O2. The molecule has 0 bridgehead atoms. The van der Waals surface area contributed by atoms with Crippen LogP contribution < -0.4 is 5.32 Å². The maximum Gasteiger partial charge on any atom is 0.145 e. The summed E-state index contributed by atoms with van der Waals surface area (Å²) in [6.07, 6.45) is 12.9. The first-order valence-electron chi connectivity index (χ1n) is 11.1. The number of nitrogens with zero attached hydrogens (tertiary/aromatic N) is 3. The molecule has 2 aliphatic rings. The van der Waals surface area contributed by atoms with E-state index >= 15 is 0 Å². The Morgan fingerprint density at radius 1 is 1.00 bits per heavy atom. The molecule has 1 aliphatic carbocycles. The van der Waals surface area contributed by atoms with Gasteiger partial charge in [-0.15, -0.1) is 0 Å². The molecule has 30 heavy (non-hydrogen) atoms. The van der Waals surface area contributed by atoms with Crippen molar-refractivity contribution in [3.63, 3.8) is 0 Å². The van der Waals surface area contributed by atoms with Crippen LogP contribution in [0.4, 0.5) is 5.82 Å². The number of aromatic nitrogens is 3. The Labute approximate surface area is 183 Å². The number of aliphatic hydroxyl groups excluding tert-OH is 1. The van der Waals surface area contributed by atoms with Gasteiger partial charge in [0.1, 0.15) is 5.82 Å². The minimum absolute atomic E-state index is 0.313. The predicted octanol–water partition coefficient (Wildman–Crippen LogP) is 4.37. The minimum Gasteiger partial charge on any atom is -0.396 e. The maximum atomic E-state index is 9.34. The van der Waals surface area contributed by atoms with Crippen LogP contribution in [0.15, 0.2) is 24.7 Å². The summed E-state index contributed by atoms with van der Waals surface area (Å²) in [5.74, 6) is 2.48. The Hall–Kier alpha value is -1.76. The summed E-state index contributed by atoms with van der Waals surface area (Å²) in [7, 11) is 0. The van der Waals surface area contributed by atoms with E-state index in [0.29, 0.717) is 29.4 Å². The van der Waals surface area contributed by atoms with Crippen LogP contribution in [0.5, 0.6) is 0 Å². The van der Waals surface area contributed by atoms with Crippen LogP contribution in [0, 0.1) is 17.8 Å². The van der Waals surface area contributed by atoms with Crippen molar-refractivity contribution >= 4 is 17.4 Å². The molecule has 3 heterocycles. The summed E-state index contributed by atoms with van der Waals surface area (Å²) in [6, 6.07) is 2.06. The number of hydrogen-bond donors (Lipinski definition) is 2. The molecule has 0 unspecified atom stereocenters. The Morgan fingerprint density at radius 3 is 2.53 bits per heavy atom. The van der Waals surface area contributed by atoms with Gasteiger partial charge in [0.15, 0.2) is 0 Å². The second kappa shape index (κ2) is 10.5. The molecule has 0 atom stereocenters. The lowest BCUT2D eigenvalue weighted by atomic mass is 9.80. The van der Waals surface area contributed by atoms with Gasteiger partial charge in [0.05, 0.1) is 23.1 Å². The van der Waals surface area contributed by atoms with E-state index in [9.17, 15) is 5.11 Å². The van der Waals surface area contributed by atoms with E-state index in [1.54, 1.807) is 18.6 Å². The van der Waals surface area contributed by atoms with Crippen molar-refractivity contribution in [2.45, 2.75) is 44.9 Å². The normalized spacial score (nSPS) is 22.7. The molecule has 6 nitrogen and oxygen atoms in total. The van der Waals surface area contributed by atoms with E-state index in [0.717, 1.165) is 87.5 Å². The van der Waals surface area contributed by atoms with E-state index in [1.807, 2.05) is 0 Å². The van der Waals surface area contributed by atoms with Gasteiger partial charge in [-0.25, -0.2) is 4.98 Å². The van der Waals surface area contributed by atoms with Gasteiger partial charge in [0.2, 0.25) is 0 Å². The molecule has 2 aromatic heterocycles. The third kappa shape index (κ3) is 5.68. The monoisotopic (exact) mass is 430 g/mol. The van der Waals surface area contributed by atoms with Crippen molar-refractivity contribution < 1.29 is 9.84 Å². The Kier molecular flexibility index (Phi) is 7.52. The fourth-order valence-corrected chi connectivity index (χ4v) is 4.68. The molecule has 0 aromatic carbocycles. The number of halogens is 1. The first-order chi connectivity index (χ1) is 14.7. The molecule has 0 radical (unpaired) electrons. The standard InChI is InChI=1S/C23H31ClN4O2/c24-21-12-26-19(9-16-1-3-18(15-29)4-2-16)10-20(21)22-13-25-14-23(28-22)27-11-17-5-7-30-8-6-17/h10,12-14,16-18,29H,1-9,11,15H2,(H,27,28). The number of rotatable bonds is 7. The fraction of sp³-hybridized carbons (Fsp3) is 0.609. The molecule has 7 heteroatoms. The number of pyridine rings is 1. The molecule has 1 aliphatic heterocycles. The molecule has 2 N–H and O–H groups in total. The minimum atomic E-state index is 0.313. The van der Waals surface area contributed by atoms with Crippen molar-refractivity contribution in [3.05, 3.63) is 35.4 Å². The molecule has 4 rings (SSSR count). The second-order valence-electron chi connectivity index (χ2n) is 8.66. The average molecular weight is 431 g/mol. The van der Waals surface area contributed by atoms with Crippen molar-refractivity contribution in [1.29, 1.82) is 0 Å². The molecule has 1 saturated heterocycles. The van der Waals surface area contributed by atoms with Gasteiger partial charge in [-0.05, 0) is 68.8 Å². The van der Waals surface area contributed by atoms with Crippen LogP contribution in [-0.2, 0) is 11.2 Å². The number of anilines is 1. The highest BCUT2D eigenvalue weighted by Gasteiger charge is 2.22. The van der Waals surface area contributed by atoms with Gasteiger partial charge in [-0.2, -0.15) is 0 Å². The zero-order chi connectivity index (χ0) is 20.8. The number of nitrogens with one attached hydrogen (secondary N) is 1. The summed E-state index contributed by atoms with van der Waals surface area (Å²) in [5, 5.41) is 13.4. The highest BCUT2D eigenvalue weighted by atomic mass is 35.5. The highest BCUT2D eigenvalue weighted by molar-refractivity contribution is 6.33. The fourth-order valence-electron chi connectivity index (χ4n) is 4.48. The van der Waals surface area contributed by atoms with Gasteiger partial charge in [0.25, 0.3) is 0 Å². The van der Waals surface area contributed by atoms with Gasteiger partial charge >= 0.3 is 0 Å². The Bertz CT molecular complexity index is 821. The van der Waals surface area contributed by atoms with Crippen molar-refractivity contribution in [2.75, 3.05) is 31.7 Å². The van der Waals surface area contributed by atoms with E-state index in [4.69, 9.17) is 21.3 Å². The molecule has 0 amide bonds. The molecule has 2 fully saturated rings. The maximum absolute atomic E-state index is 9.34. The largest absolute Gasteiger partial charge is 0.396 e. The molecule has 2 aromatic rings. The van der Waals surface area contributed by atoms with E-state index in [1.165, 1.54) is 0 Å². The van der Waals surface area contributed by atoms with Crippen molar-refractivity contribution in [3.8, 4) is 11.3 Å². The van der Waals surface area contributed by atoms with Crippen LogP contribution in [-0.4, -0.2) is 46.4 Å². The molecule has 0 spiro atoms. The second-order valence-corrected chi connectivity index (χ2v) is 9.06. The zero-order valence-corrected chi connectivity index (χ0v) is 18.2. The molecule has 1 saturated carbocycles. The SMILES string of the molecule is OCC1CCC(Cc2cc(-c3cncc(NCC4CCOCC4)n3)c(Cl)cn2)CC1. The Balaban J connectivity index is 1.42. The summed E-state index contributed by atoms with van der Waals surface area (Å²) in [4.78, 5) is 13.7. The quantitative estimate of drug-likeness (QED) is 0.678. The van der Waals surface area contributed by atoms with Gasteiger partial charge in [-0.3, -0.25) is 9.97 Å². The first kappa shape index (κ1) is 21.5. The molecule has 162 valence electrons. The summed E-state index contributed by atoms with van der Waals surface area (Å²) in [6.45, 7) is 2.88. The van der Waals surface area contributed by atoms with Crippen LogP contribution in [0.1, 0.15) is 44.2 Å². The van der Waals surface area contributed by atoms with Gasteiger partial charge in [-0.1, -0.05) is 11.6 Å². The lowest BCUT2D eigenvalue weighted by Crippen LogP contribution is -2.23. The number of ether oxygens (including phenoxy) is 1. The first-order valence-corrected chi connectivity index (χ1v) is 11.5. The summed E-state index contributed by atoms with van der Waals surface area (Å²) >= 11 is 6.47. The third-order valence-electron chi connectivity index (χ3n) is 6.46. The average Bonchev–Trinajstić information content (AvgIpc) is 2.80. The van der Waals surface area contributed by atoms with Crippen LogP contribution in [0.2, 0.25) is 5.02 Å². The topological polar surface area (TPSA) is 80.2 Å². The predicted molar refractivity (Wildman–Crippen MR) is 119 cm³/mol. The van der Waals surface area contributed by atoms with Crippen LogP contribution >= 0.6 is 11.6 Å². The summed E-state index contributed by atoms with van der Waals surface area (Å²) in [5.41, 5.74) is 2.70. The number of aliphatic hydroxyl groups is 1.